The van der Waals surface area contributed by atoms with Crippen LogP contribution in [0.5, 0.6) is 11.5 Å². The molecule has 0 saturated carbocycles. The third-order valence-electron chi connectivity index (χ3n) is 9.31. The summed E-state index contributed by atoms with van der Waals surface area (Å²) in [5.41, 5.74) is 4.05. The molecular formula is C43H69N5O2S. The van der Waals surface area contributed by atoms with Gasteiger partial charge in [0.1, 0.15) is 11.5 Å². The molecule has 2 aromatic carbocycles. The van der Waals surface area contributed by atoms with Gasteiger partial charge in [-0.15, -0.1) is 0 Å². The Kier molecular flexibility index (Phi) is 14.7. The van der Waals surface area contributed by atoms with Gasteiger partial charge >= 0.3 is 0 Å². The van der Waals surface area contributed by atoms with E-state index in [1.165, 1.54) is 57.8 Å². The average Bonchev–Trinajstić information content (AvgIpc) is 2.99. The van der Waals surface area contributed by atoms with Crippen LogP contribution in [0.4, 0.5) is 23.3 Å². The van der Waals surface area contributed by atoms with Crippen LogP contribution in [0.2, 0.25) is 0 Å². The van der Waals surface area contributed by atoms with Crippen molar-refractivity contribution in [3.8, 4) is 11.5 Å². The molecule has 0 bridgehead atoms. The maximum absolute atomic E-state index is 11.3. The second-order valence-electron chi connectivity index (χ2n) is 18.4. The van der Waals surface area contributed by atoms with Crippen LogP contribution in [-0.4, -0.2) is 30.9 Å². The number of nitrogens with zero attached hydrogens (tertiary/aromatic N) is 3. The lowest BCUT2D eigenvalue weighted by Gasteiger charge is -2.28. The van der Waals surface area contributed by atoms with Crippen molar-refractivity contribution in [2.45, 2.75) is 181 Å². The fourth-order valence-electron chi connectivity index (χ4n) is 6.24. The highest BCUT2D eigenvalue weighted by Crippen LogP contribution is 2.43. The van der Waals surface area contributed by atoms with Gasteiger partial charge in [0.05, 0.1) is 0 Å². The maximum atomic E-state index is 11.3. The number of hydrogen-bond donors (Lipinski definition) is 4. The molecule has 0 amide bonds. The van der Waals surface area contributed by atoms with Crippen molar-refractivity contribution in [3.05, 3.63) is 46.5 Å². The first-order valence-corrected chi connectivity index (χ1v) is 20.3. The molecule has 284 valence electrons. The summed E-state index contributed by atoms with van der Waals surface area (Å²) in [5.74, 6) is 2.48. The Morgan fingerprint density at radius 2 is 0.804 bits per heavy atom. The Bertz CT molecular complexity index is 1400. The maximum Gasteiger partial charge on any atom is 0.233 e. The van der Waals surface area contributed by atoms with Crippen molar-refractivity contribution in [2.75, 3.05) is 16.4 Å². The average molecular weight is 720 g/mol. The SMILES string of the molecule is CCCCCCCCCCCCSc1nc(Nc2cc(C(C)(C)C)c(O)c(C(C)(C)C)c2)nc(Nc2cc(C(C)(C)C)c(O)c(C(C)(C)C)c2)n1. The molecule has 0 aliphatic rings. The third-order valence-corrected chi connectivity index (χ3v) is 10.2. The number of nitrogens with one attached hydrogen (secondary N) is 2. The summed E-state index contributed by atoms with van der Waals surface area (Å²) < 4.78 is 0. The highest BCUT2D eigenvalue weighted by Gasteiger charge is 2.28. The first-order chi connectivity index (χ1) is 23.6. The largest absolute Gasteiger partial charge is 0.507 e. The number of unbranched alkanes of at least 4 members (excludes halogenated alkanes) is 9. The Balaban J connectivity index is 1.94. The molecule has 51 heavy (non-hydrogen) atoms. The smallest absolute Gasteiger partial charge is 0.233 e. The number of hydrogen-bond acceptors (Lipinski definition) is 8. The number of phenolic OH excluding ortho intramolecular Hbond substituents is 2. The Morgan fingerprint density at radius 3 is 1.12 bits per heavy atom. The summed E-state index contributed by atoms with van der Waals surface area (Å²) in [4.78, 5) is 14.6. The first-order valence-electron chi connectivity index (χ1n) is 19.3. The monoisotopic (exact) mass is 720 g/mol. The summed E-state index contributed by atoms with van der Waals surface area (Å²) in [6, 6.07) is 8.01. The van der Waals surface area contributed by atoms with Gasteiger partial charge in [-0.25, -0.2) is 0 Å². The molecule has 0 unspecified atom stereocenters. The van der Waals surface area contributed by atoms with Gasteiger partial charge in [0.2, 0.25) is 11.9 Å². The highest BCUT2D eigenvalue weighted by molar-refractivity contribution is 7.99. The van der Waals surface area contributed by atoms with E-state index in [1.54, 1.807) is 11.8 Å². The molecule has 0 radical (unpaired) electrons. The number of aromatic nitrogens is 3. The summed E-state index contributed by atoms with van der Waals surface area (Å²) in [5, 5.41) is 30.2. The predicted molar refractivity (Wildman–Crippen MR) is 220 cm³/mol. The van der Waals surface area contributed by atoms with Crippen molar-refractivity contribution in [1.29, 1.82) is 0 Å². The number of phenols is 2. The topological polar surface area (TPSA) is 103 Å². The second-order valence-corrected chi connectivity index (χ2v) is 19.4. The Labute approximate surface area is 314 Å². The summed E-state index contributed by atoms with van der Waals surface area (Å²) in [7, 11) is 0. The van der Waals surface area contributed by atoms with E-state index < -0.39 is 0 Å². The molecule has 0 aliphatic carbocycles. The molecule has 0 spiro atoms. The van der Waals surface area contributed by atoms with Gasteiger partial charge < -0.3 is 20.8 Å². The molecule has 0 saturated heterocycles. The number of benzene rings is 2. The van der Waals surface area contributed by atoms with E-state index >= 15 is 0 Å². The quantitative estimate of drug-likeness (QED) is 0.0659. The van der Waals surface area contributed by atoms with E-state index in [2.05, 4.69) is 101 Å². The van der Waals surface area contributed by atoms with Gasteiger partial charge in [-0.3, -0.25) is 0 Å². The van der Waals surface area contributed by atoms with Crippen LogP contribution >= 0.6 is 11.8 Å². The molecule has 1 heterocycles. The van der Waals surface area contributed by atoms with Gasteiger partial charge in [0.25, 0.3) is 0 Å². The van der Waals surface area contributed by atoms with E-state index in [0.29, 0.717) is 28.6 Å². The van der Waals surface area contributed by atoms with Crippen molar-refractivity contribution >= 4 is 35.0 Å². The standard InChI is InChI=1S/C43H69N5O2S/c1-14-15-16-17-18-19-20-21-22-23-24-51-39-47-37(44-29-25-31(40(2,3)4)35(49)32(26-29)41(5,6)7)46-38(48-39)45-30-27-33(42(8,9)10)36(50)34(28-30)43(11,12)13/h25-28,49-50H,14-24H2,1-13H3,(H2,44,45,46,47,48). The minimum atomic E-state index is -0.266. The van der Waals surface area contributed by atoms with Crippen LogP contribution < -0.4 is 10.6 Å². The number of aromatic hydroxyl groups is 2. The molecule has 0 atom stereocenters. The molecule has 3 rings (SSSR count). The van der Waals surface area contributed by atoms with E-state index in [4.69, 9.17) is 15.0 Å². The fourth-order valence-corrected chi connectivity index (χ4v) is 7.08. The van der Waals surface area contributed by atoms with Crippen LogP contribution in [-0.2, 0) is 21.7 Å². The normalized spacial score (nSPS) is 12.7. The van der Waals surface area contributed by atoms with Crippen LogP contribution in [0.15, 0.2) is 29.4 Å². The van der Waals surface area contributed by atoms with Crippen LogP contribution in [0, 0.1) is 0 Å². The number of rotatable bonds is 16. The molecule has 3 aromatic rings. The van der Waals surface area contributed by atoms with E-state index in [1.807, 2.05) is 24.3 Å². The highest BCUT2D eigenvalue weighted by atomic mass is 32.2. The zero-order valence-electron chi connectivity index (χ0n) is 34.2. The summed E-state index contributed by atoms with van der Waals surface area (Å²) in [6.07, 6.45) is 13.0. The number of thioether (sulfide) groups is 1. The number of anilines is 4. The molecule has 8 heteroatoms. The van der Waals surface area contributed by atoms with Gasteiger partial charge in [0.15, 0.2) is 5.16 Å². The molecule has 0 fully saturated rings. The Hall–Kier alpha value is -3.00. The van der Waals surface area contributed by atoms with Gasteiger partial charge in [-0.1, -0.05) is 160 Å². The lowest BCUT2D eigenvalue weighted by molar-refractivity contribution is 0.422. The van der Waals surface area contributed by atoms with Crippen LogP contribution in [0.1, 0.15) is 176 Å². The summed E-state index contributed by atoms with van der Waals surface area (Å²) >= 11 is 1.66. The van der Waals surface area contributed by atoms with Gasteiger partial charge in [-0.2, -0.15) is 15.0 Å². The van der Waals surface area contributed by atoms with Crippen molar-refractivity contribution < 1.29 is 10.2 Å². The van der Waals surface area contributed by atoms with Gasteiger partial charge in [-0.05, 0) is 52.3 Å². The molecule has 7 nitrogen and oxygen atoms in total. The second kappa shape index (κ2) is 17.7. The third kappa shape index (κ3) is 12.9. The zero-order valence-corrected chi connectivity index (χ0v) is 35.0. The zero-order chi connectivity index (χ0) is 38.2. The lowest BCUT2D eigenvalue weighted by atomic mass is 9.79. The van der Waals surface area contributed by atoms with Crippen molar-refractivity contribution in [3.63, 3.8) is 0 Å². The predicted octanol–water partition coefficient (Wildman–Crippen LogP) is 13.0. The molecule has 4 N–H and O–H groups in total. The van der Waals surface area contributed by atoms with Crippen molar-refractivity contribution in [1.82, 2.24) is 15.0 Å². The molecule has 0 aliphatic heterocycles. The minimum Gasteiger partial charge on any atom is -0.507 e. The fraction of sp³-hybridized carbons (Fsp3) is 0.651. The van der Waals surface area contributed by atoms with E-state index in [9.17, 15) is 10.2 Å². The van der Waals surface area contributed by atoms with Crippen molar-refractivity contribution in [2.24, 2.45) is 0 Å². The Morgan fingerprint density at radius 1 is 0.490 bits per heavy atom. The van der Waals surface area contributed by atoms with Gasteiger partial charge in [0, 0.05) is 39.4 Å². The van der Waals surface area contributed by atoms with E-state index in [-0.39, 0.29) is 21.7 Å². The minimum absolute atomic E-state index is 0.266. The first kappa shape index (κ1) is 42.4. The summed E-state index contributed by atoms with van der Waals surface area (Å²) in [6.45, 7) is 27.6. The van der Waals surface area contributed by atoms with Crippen LogP contribution in [0.25, 0.3) is 0 Å². The van der Waals surface area contributed by atoms with Crippen LogP contribution in [0.3, 0.4) is 0 Å². The van der Waals surface area contributed by atoms with E-state index in [0.717, 1.165) is 45.8 Å². The lowest BCUT2D eigenvalue weighted by Crippen LogP contribution is -2.18. The molecule has 1 aromatic heterocycles. The molecular weight excluding hydrogens is 651 g/mol.